The lowest BCUT2D eigenvalue weighted by Crippen LogP contribution is -2.40. The Kier molecular flexibility index (Phi) is 7.05. The average Bonchev–Trinajstić information content (AvgIpc) is 2.17. The molecule has 0 aromatic heterocycles. The molecule has 0 aliphatic carbocycles. The summed E-state index contributed by atoms with van der Waals surface area (Å²) in [5.41, 5.74) is 0. The first-order valence-corrected chi connectivity index (χ1v) is 4.88. The quantitative estimate of drug-likeness (QED) is 0.499. The molecule has 0 unspecified atom stereocenters. The molecule has 0 aromatic carbocycles. The highest BCUT2D eigenvalue weighted by Gasteiger charge is 2.18. The molecule has 0 radical (unpaired) electrons. The molecule has 0 heterocycles. The lowest BCUT2D eigenvalue weighted by molar-refractivity contribution is -0.139. The van der Waals surface area contributed by atoms with E-state index in [0.717, 1.165) is 12.8 Å². The van der Waals surface area contributed by atoms with Crippen LogP contribution in [0, 0.1) is 0 Å². The number of unbranched alkanes of at least 4 members (excludes halogenated alkanes) is 1. The maximum Gasteiger partial charge on any atom is 0.407 e. The summed E-state index contributed by atoms with van der Waals surface area (Å²) in [4.78, 5) is 21.7. The normalized spacial score (nSPS) is 11.5. The highest BCUT2D eigenvalue weighted by Crippen LogP contribution is 1.95. The molecule has 15 heavy (non-hydrogen) atoms. The van der Waals surface area contributed by atoms with Crippen LogP contribution in [0.15, 0.2) is 12.7 Å². The van der Waals surface area contributed by atoms with Crippen molar-refractivity contribution in [3.63, 3.8) is 0 Å². The van der Waals surface area contributed by atoms with E-state index in [9.17, 15) is 9.59 Å². The van der Waals surface area contributed by atoms with E-state index in [1.807, 2.05) is 6.92 Å². The van der Waals surface area contributed by atoms with Crippen molar-refractivity contribution in [2.75, 3.05) is 6.61 Å². The van der Waals surface area contributed by atoms with Crippen molar-refractivity contribution in [1.82, 2.24) is 5.32 Å². The van der Waals surface area contributed by atoms with Crippen LogP contribution in [0.3, 0.4) is 0 Å². The van der Waals surface area contributed by atoms with Crippen LogP contribution in [0.25, 0.3) is 0 Å². The Balaban J connectivity index is 3.89. The van der Waals surface area contributed by atoms with Crippen LogP contribution in [-0.2, 0) is 9.53 Å². The first-order valence-electron chi connectivity index (χ1n) is 4.88. The molecule has 0 rings (SSSR count). The Bertz CT molecular complexity index is 227. The van der Waals surface area contributed by atoms with Gasteiger partial charge in [-0.2, -0.15) is 0 Å². The van der Waals surface area contributed by atoms with Gasteiger partial charge in [-0.25, -0.2) is 9.59 Å². The van der Waals surface area contributed by atoms with Gasteiger partial charge in [-0.3, -0.25) is 0 Å². The van der Waals surface area contributed by atoms with Crippen molar-refractivity contribution < 1.29 is 19.4 Å². The fraction of sp³-hybridized carbons (Fsp3) is 0.600. The lowest BCUT2D eigenvalue weighted by atomic mass is 10.2. The van der Waals surface area contributed by atoms with E-state index >= 15 is 0 Å². The van der Waals surface area contributed by atoms with Crippen molar-refractivity contribution in [1.29, 1.82) is 0 Å². The average molecular weight is 215 g/mol. The standard InChI is InChI=1S/C10H17NO4/c1-3-5-7-15-10(14)11-8(6-4-2)9(12)13/h4,8H,2-3,5-7H2,1H3,(H,11,14)(H,12,13)/t8-/m0/s1. The number of carbonyl (C=O) groups excluding carboxylic acids is 1. The van der Waals surface area contributed by atoms with E-state index in [1.54, 1.807) is 0 Å². The molecule has 0 aliphatic rings. The Morgan fingerprint density at radius 2 is 2.27 bits per heavy atom. The zero-order valence-corrected chi connectivity index (χ0v) is 8.86. The number of aliphatic carboxylic acids is 1. The third-order valence-corrected chi connectivity index (χ3v) is 1.72. The number of ether oxygens (including phenoxy) is 1. The molecule has 86 valence electrons. The van der Waals surface area contributed by atoms with E-state index in [0.29, 0.717) is 6.61 Å². The largest absolute Gasteiger partial charge is 0.480 e. The topological polar surface area (TPSA) is 75.6 Å². The van der Waals surface area contributed by atoms with Crippen LogP contribution in [0.5, 0.6) is 0 Å². The van der Waals surface area contributed by atoms with E-state index in [-0.39, 0.29) is 6.42 Å². The molecule has 0 aromatic rings. The second kappa shape index (κ2) is 7.84. The van der Waals surface area contributed by atoms with E-state index in [1.165, 1.54) is 6.08 Å². The Hall–Kier alpha value is -1.52. The number of carboxylic acid groups (broad SMARTS) is 1. The first-order chi connectivity index (χ1) is 7.11. The highest BCUT2D eigenvalue weighted by molar-refractivity contribution is 5.79. The van der Waals surface area contributed by atoms with Crippen LogP contribution in [-0.4, -0.2) is 29.8 Å². The molecular formula is C10H17NO4. The van der Waals surface area contributed by atoms with Gasteiger partial charge in [-0.05, 0) is 12.8 Å². The van der Waals surface area contributed by atoms with Crippen molar-refractivity contribution in [2.24, 2.45) is 0 Å². The summed E-state index contributed by atoms with van der Waals surface area (Å²) in [5.74, 6) is -1.10. The van der Waals surface area contributed by atoms with Crippen LogP contribution in [0.4, 0.5) is 4.79 Å². The zero-order chi connectivity index (χ0) is 11.7. The maximum atomic E-state index is 11.1. The van der Waals surface area contributed by atoms with Gasteiger partial charge in [0.2, 0.25) is 0 Å². The monoisotopic (exact) mass is 215 g/mol. The van der Waals surface area contributed by atoms with Crippen molar-refractivity contribution in [3.05, 3.63) is 12.7 Å². The van der Waals surface area contributed by atoms with Crippen molar-refractivity contribution in [3.8, 4) is 0 Å². The molecular weight excluding hydrogens is 198 g/mol. The predicted molar refractivity (Wildman–Crippen MR) is 55.6 cm³/mol. The molecule has 2 N–H and O–H groups in total. The first kappa shape index (κ1) is 13.5. The number of amides is 1. The number of carbonyl (C=O) groups is 2. The Morgan fingerprint density at radius 3 is 2.73 bits per heavy atom. The number of rotatable bonds is 7. The van der Waals surface area contributed by atoms with Gasteiger partial charge in [0, 0.05) is 0 Å². The predicted octanol–water partition coefficient (Wildman–Crippen LogP) is 1.54. The summed E-state index contributed by atoms with van der Waals surface area (Å²) in [6, 6.07) is -0.961. The van der Waals surface area contributed by atoms with Crippen LogP contribution in [0.1, 0.15) is 26.2 Å². The van der Waals surface area contributed by atoms with Gasteiger partial charge in [0.1, 0.15) is 6.04 Å². The molecule has 0 fully saturated rings. The summed E-state index contributed by atoms with van der Waals surface area (Å²) in [6.45, 7) is 5.69. The fourth-order valence-electron chi connectivity index (χ4n) is 0.881. The van der Waals surface area contributed by atoms with E-state index in [2.05, 4.69) is 11.9 Å². The number of carboxylic acids is 1. The van der Waals surface area contributed by atoms with Crippen LogP contribution < -0.4 is 5.32 Å². The summed E-state index contributed by atoms with van der Waals surface area (Å²) < 4.78 is 4.76. The molecule has 0 saturated heterocycles. The van der Waals surface area contributed by atoms with Crippen LogP contribution in [0.2, 0.25) is 0 Å². The third-order valence-electron chi connectivity index (χ3n) is 1.72. The van der Waals surface area contributed by atoms with Gasteiger partial charge in [-0.15, -0.1) is 6.58 Å². The van der Waals surface area contributed by atoms with Gasteiger partial charge in [-0.1, -0.05) is 19.4 Å². The van der Waals surface area contributed by atoms with Crippen LogP contribution >= 0.6 is 0 Å². The highest BCUT2D eigenvalue weighted by atomic mass is 16.5. The van der Waals surface area contributed by atoms with Crippen molar-refractivity contribution in [2.45, 2.75) is 32.2 Å². The fourth-order valence-corrected chi connectivity index (χ4v) is 0.881. The molecule has 0 aliphatic heterocycles. The second-order valence-corrected chi connectivity index (χ2v) is 3.05. The lowest BCUT2D eigenvalue weighted by Gasteiger charge is -2.12. The number of hydrogen-bond acceptors (Lipinski definition) is 3. The molecule has 0 spiro atoms. The zero-order valence-electron chi connectivity index (χ0n) is 8.86. The third kappa shape index (κ3) is 6.54. The molecule has 0 bridgehead atoms. The molecule has 5 heteroatoms. The SMILES string of the molecule is C=CC[C@H](NC(=O)OCCCC)C(=O)O. The molecule has 5 nitrogen and oxygen atoms in total. The van der Waals surface area contributed by atoms with Gasteiger partial charge in [0.25, 0.3) is 0 Å². The number of nitrogens with one attached hydrogen (secondary N) is 1. The Morgan fingerprint density at radius 1 is 1.60 bits per heavy atom. The minimum absolute atomic E-state index is 0.179. The smallest absolute Gasteiger partial charge is 0.407 e. The second-order valence-electron chi connectivity index (χ2n) is 3.05. The molecule has 1 amide bonds. The minimum atomic E-state index is -1.10. The van der Waals surface area contributed by atoms with Gasteiger partial charge >= 0.3 is 12.1 Å². The summed E-state index contributed by atoms with van der Waals surface area (Å²) in [6.07, 6.45) is 2.61. The van der Waals surface area contributed by atoms with E-state index in [4.69, 9.17) is 9.84 Å². The molecule has 1 atom stereocenters. The maximum absolute atomic E-state index is 11.1. The van der Waals surface area contributed by atoms with Gasteiger partial charge < -0.3 is 15.2 Å². The van der Waals surface area contributed by atoms with Crippen molar-refractivity contribution >= 4 is 12.1 Å². The Labute approximate surface area is 89.1 Å². The summed E-state index contributed by atoms with van der Waals surface area (Å²) in [5, 5.41) is 11.0. The van der Waals surface area contributed by atoms with E-state index < -0.39 is 18.1 Å². The van der Waals surface area contributed by atoms with Gasteiger partial charge in [0.15, 0.2) is 0 Å². The summed E-state index contributed by atoms with van der Waals surface area (Å²) >= 11 is 0. The molecule has 0 saturated carbocycles. The number of alkyl carbamates (subject to hydrolysis) is 1. The number of hydrogen-bond donors (Lipinski definition) is 2. The minimum Gasteiger partial charge on any atom is -0.480 e. The summed E-state index contributed by atoms with van der Waals surface area (Å²) in [7, 11) is 0. The van der Waals surface area contributed by atoms with Gasteiger partial charge in [0.05, 0.1) is 6.61 Å².